The molecular weight excluding hydrogens is 409 g/mol. The van der Waals surface area contributed by atoms with Gasteiger partial charge in [-0.3, -0.25) is 4.79 Å². The van der Waals surface area contributed by atoms with Crippen LogP contribution in [0.5, 0.6) is 5.75 Å². The van der Waals surface area contributed by atoms with Crippen LogP contribution in [0.2, 0.25) is 0 Å². The fraction of sp³-hybridized carbons (Fsp3) is 0.409. The van der Waals surface area contributed by atoms with Gasteiger partial charge < -0.3 is 14.6 Å². The number of nitrogens with zero attached hydrogens (tertiary/aromatic N) is 3. The Hall–Kier alpha value is -3.10. The molecule has 0 spiro atoms. The summed E-state index contributed by atoms with van der Waals surface area (Å²) >= 11 is 0. The van der Waals surface area contributed by atoms with Crippen molar-refractivity contribution in [3.63, 3.8) is 0 Å². The summed E-state index contributed by atoms with van der Waals surface area (Å²) in [7, 11) is 0. The average Bonchev–Trinajstić information content (AvgIpc) is 3.51. The molecule has 164 valence electrons. The number of amides is 1. The zero-order valence-electron chi connectivity index (χ0n) is 17.0. The lowest BCUT2D eigenvalue weighted by molar-refractivity contribution is -0.274. The maximum absolute atomic E-state index is 12.4. The highest BCUT2D eigenvalue weighted by Crippen LogP contribution is 2.32. The standard InChI is InChI=1S/C22H23F3N4O2/c1-14(16-6-7-16)27-20(30)11-10-19-28-18-3-2-12-26-21(18)29(19)13-15-4-8-17(9-5-15)31-22(23,24)25/h2-5,8-9,12,14,16H,6-7,10-11,13H2,1H3,(H,27,30). The van der Waals surface area contributed by atoms with E-state index >= 15 is 0 Å². The van der Waals surface area contributed by atoms with E-state index in [1.807, 2.05) is 17.6 Å². The highest BCUT2D eigenvalue weighted by atomic mass is 19.4. The number of aryl methyl sites for hydroxylation is 1. The SMILES string of the molecule is CC(NC(=O)CCc1nc2cccnc2n1Cc1ccc(OC(F)(F)F)cc1)C1CC1. The van der Waals surface area contributed by atoms with Crippen LogP contribution in [0, 0.1) is 5.92 Å². The Morgan fingerprint density at radius 3 is 2.68 bits per heavy atom. The number of nitrogens with one attached hydrogen (secondary N) is 1. The van der Waals surface area contributed by atoms with Crippen LogP contribution in [0.4, 0.5) is 13.2 Å². The summed E-state index contributed by atoms with van der Waals surface area (Å²) < 4.78 is 42.9. The number of rotatable bonds is 8. The van der Waals surface area contributed by atoms with Crippen LogP contribution in [0.15, 0.2) is 42.6 Å². The number of aromatic nitrogens is 3. The molecule has 1 fully saturated rings. The molecule has 1 aliphatic rings. The maximum atomic E-state index is 12.4. The summed E-state index contributed by atoms with van der Waals surface area (Å²) in [5.41, 5.74) is 2.15. The first-order chi connectivity index (χ1) is 14.8. The third-order valence-corrected chi connectivity index (χ3v) is 5.37. The van der Waals surface area contributed by atoms with Gasteiger partial charge in [-0.15, -0.1) is 13.2 Å². The van der Waals surface area contributed by atoms with Crippen molar-refractivity contribution < 1.29 is 22.7 Å². The number of hydrogen-bond donors (Lipinski definition) is 1. The van der Waals surface area contributed by atoms with Crippen molar-refractivity contribution in [1.82, 2.24) is 19.9 Å². The maximum Gasteiger partial charge on any atom is 0.573 e. The van der Waals surface area contributed by atoms with Crippen LogP contribution in [0.3, 0.4) is 0 Å². The summed E-state index contributed by atoms with van der Waals surface area (Å²) in [5, 5.41) is 3.04. The molecule has 0 aliphatic heterocycles. The average molecular weight is 432 g/mol. The molecule has 0 bridgehead atoms. The number of hydrogen-bond acceptors (Lipinski definition) is 4. The number of imidazole rings is 1. The summed E-state index contributed by atoms with van der Waals surface area (Å²) in [6.07, 6.45) is 0.00430. The number of carbonyl (C=O) groups is 1. The number of alkyl halides is 3. The van der Waals surface area contributed by atoms with Crippen LogP contribution in [0.1, 0.15) is 37.6 Å². The van der Waals surface area contributed by atoms with Gasteiger partial charge in [0, 0.05) is 25.1 Å². The van der Waals surface area contributed by atoms with Crippen molar-refractivity contribution >= 4 is 17.1 Å². The summed E-state index contributed by atoms with van der Waals surface area (Å²) in [6.45, 7) is 2.40. The Labute approximate surface area is 177 Å². The molecule has 31 heavy (non-hydrogen) atoms. The number of pyridine rings is 1. The van der Waals surface area contributed by atoms with E-state index in [2.05, 4.69) is 20.0 Å². The minimum Gasteiger partial charge on any atom is -0.406 e. The van der Waals surface area contributed by atoms with Gasteiger partial charge in [-0.1, -0.05) is 12.1 Å². The second kappa shape index (κ2) is 8.56. The molecule has 1 aliphatic carbocycles. The molecule has 1 unspecified atom stereocenters. The van der Waals surface area contributed by atoms with Crippen LogP contribution in [-0.4, -0.2) is 32.8 Å². The number of benzene rings is 1. The molecule has 2 aromatic heterocycles. The minimum atomic E-state index is -4.73. The summed E-state index contributed by atoms with van der Waals surface area (Å²) in [5.74, 6) is 1.01. The minimum absolute atomic E-state index is 0.0142. The van der Waals surface area contributed by atoms with Crippen molar-refractivity contribution in [3.05, 3.63) is 54.0 Å². The van der Waals surface area contributed by atoms with Gasteiger partial charge in [0.15, 0.2) is 5.65 Å². The second-order valence-electron chi connectivity index (χ2n) is 7.85. The van der Waals surface area contributed by atoms with Crippen molar-refractivity contribution in [2.75, 3.05) is 0 Å². The first-order valence-corrected chi connectivity index (χ1v) is 10.2. The predicted octanol–water partition coefficient (Wildman–Crippen LogP) is 4.23. The second-order valence-corrected chi connectivity index (χ2v) is 7.85. The molecule has 9 heteroatoms. The normalized spacial score (nSPS) is 15.1. The molecule has 1 atom stereocenters. The molecule has 0 radical (unpaired) electrons. The summed E-state index contributed by atoms with van der Waals surface area (Å²) in [6, 6.07) is 9.52. The topological polar surface area (TPSA) is 69.0 Å². The number of halogens is 3. The van der Waals surface area contributed by atoms with Crippen molar-refractivity contribution in [1.29, 1.82) is 0 Å². The van der Waals surface area contributed by atoms with Crippen LogP contribution < -0.4 is 10.1 Å². The molecule has 4 rings (SSSR count). The summed E-state index contributed by atoms with van der Waals surface area (Å²) in [4.78, 5) is 21.3. The lowest BCUT2D eigenvalue weighted by Crippen LogP contribution is -2.34. The lowest BCUT2D eigenvalue weighted by atomic mass is 10.2. The Balaban J connectivity index is 1.49. The predicted molar refractivity (Wildman–Crippen MR) is 108 cm³/mol. The van der Waals surface area contributed by atoms with E-state index in [1.54, 1.807) is 24.4 Å². The quantitative estimate of drug-likeness (QED) is 0.579. The number of carbonyl (C=O) groups excluding carboxylic acids is 1. The van der Waals surface area contributed by atoms with E-state index in [4.69, 9.17) is 0 Å². The third kappa shape index (κ3) is 5.53. The number of fused-ring (bicyclic) bond motifs is 1. The van der Waals surface area contributed by atoms with Crippen molar-refractivity contribution in [2.24, 2.45) is 5.92 Å². The van der Waals surface area contributed by atoms with E-state index in [9.17, 15) is 18.0 Å². The van der Waals surface area contributed by atoms with Gasteiger partial charge in [0.1, 0.15) is 17.1 Å². The van der Waals surface area contributed by atoms with E-state index in [-0.39, 0.29) is 17.7 Å². The van der Waals surface area contributed by atoms with Gasteiger partial charge >= 0.3 is 6.36 Å². The molecule has 1 N–H and O–H groups in total. The molecule has 0 saturated heterocycles. The van der Waals surface area contributed by atoms with E-state index in [0.29, 0.717) is 42.3 Å². The van der Waals surface area contributed by atoms with Gasteiger partial charge in [-0.05, 0) is 55.5 Å². The zero-order chi connectivity index (χ0) is 22.0. The molecular formula is C22H23F3N4O2. The lowest BCUT2D eigenvalue weighted by Gasteiger charge is -2.13. The molecule has 2 heterocycles. The third-order valence-electron chi connectivity index (χ3n) is 5.37. The molecule has 1 aromatic carbocycles. The largest absolute Gasteiger partial charge is 0.573 e. The Morgan fingerprint density at radius 2 is 2.00 bits per heavy atom. The van der Waals surface area contributed by atoms with Gasteiger partial charge in [0.25, 0.3) is 0 Å². The zero-order valence-corrected chi connectivity index (χ0v) is 17.0. The Bertz CT molecular complexity index is 1060. The highest BCUT2D eigenvalue weighted by molar-refractivity contribution is 5.77. The van der Waals surface area contributed by atoms with Crippen LogP contribution in [0.25, 0.3) is 11.2 Å². The van der Waals surface area contributed by atoms with E-state index < -0.39 is 6.36 Å². The van der Waals surface area contributed by atoms with Crippen LogP contribution in [-0.2, 0) is 17.8 Å². The molecule has 6 nitrogen and oxygen atoms in total. The molecule has 1 saturated carbocycles. The Morgan fingerprint density at radius 1 is 1.26 bits per heavy atom. The van der Waals surface area contributed by atoms with Crippen molar-refractivity contribution in [3.8, 4) is 5.75 Å². The monoisotopic (exact) mass is 432 g/mol. The fourth-order valence-corrected chi connectivity index (χ4v) is 3.61. The smallest absolute Gasteiger partial charge is 0.406 e. The first kappa shape index (κ1) is 21.1. The van der Waals surface area contributed by atoms with E-state index in [1.165, 1.54) is 12.1 Å². The van der Waals surface area contributed by atoms with Gasteiger partial charge in [0.2, 0.25) is 5.91 Å². The number of ether oxygens (including phenoxy) is 1. The molecule has 1 amide bonds. The van der Waals surface area contributed by atoms with Crippen molar-refractivity contribution in [2.45, 2.75) is 51.6 Å². The molecule has 3 aromatic rings. The first-order valence-electron chi connectivity index (χ1n) is 10.2. The highest BCUT2D eigenvalue weighted by Gasteiger charge is 2.31. The Kier molecular flexibility index (Phi) is 5.84. The van der Waals surface area contributed by atoms with Gasteiger partial charge in [0.05, 0.1) is 6.54 Å². The van der Waals surface area contributed by atoms with Crippen LogP contribution >= 0.6 is 0 Å². The van der Waals surface area contributed by atoms with Gasteiger partial charge in [-0.25, -0.2) is 9.97 Å². The fourth-order valence-electron chi connectivity index (χ4n) is 3.61. The van der Waals surface area contributed by atoms with E-state index in [0.717, 1.165) is 18.4 Å². The van der Waals surface area contributed by atoms with Gasteiger partial charge in [-0.2, -0.15) is 0 Å².